The second-order valence-corrected chi connectivity index (χ2v) is 3.42. The van der Waals surface area contributed by atoms with E-state index < -0.39 is 0 Å². The zero-order valence-corrected chi connectivity index (χ0v) is 8.11. The molecule has 0 aliphatic carbocycles. The summed E-state index contributed by atoms with van der Waals surface area (Å²) >= 11 is 0. The summed E-state index contributed by atoms with van der Waals surface area (Å²) in [6.07, 6.45) is 1.11. The van der Waals surface area contributed by atoms with Crippen LogP contribution in [0, 0.1) is 0 Å². The van der Waals surface area contributed by atoms with E-state index in [9.17, 15) is 0 Å². The van der Waals surface area contributed by atoms with Crippen LogP contribution in [-0.4, -0.2) is 25.9 Å². The minimum Gasteiger partial charge on any atom is -0.487 e. The molecule has 0 fully saturated rings. The van der Waals surface area contributed by atoms with Crippen LogP contribution in [0.2, 0.25) is 0 Å². The second-order valence-electron chi connectivity index (χ2n) is 3.42. The molecule has 1 aromatic carbocycles. The molecular formula is C11H15NO2. The average molecular weight is 193 g/mol. The summed E-state index contributed by atoms with van der Waals surface area (Å²) < 4.78 is 11.0. The molecule has 0 spiro atoms. The van der Waals surface area contributed by atoms with Crippen molar-refractivity contribution in [1.29, 1.82) is 0 Å². The van der Waals surface area contributed by atoms with Gasteiger partial charge in [0.1, 0.15) is 11.9 Å². The second kappa shape index (κ2) is 4.44. The minimum atomic E-state index is 0.166. The van der Waals surface area contributed by atoms with Gasteiger partial charge < -0.3 is 15.2 Å². The highest BCUT2D eigenvalue weighted by atomic mass is 16.5. The van der Waals surface area contributed by atoms with Crippen molar-refractivity contribution in [3.8, 4) is 5.75 Å². The zero-order valence-electron chi connectivity index (χ0n) is 8.11. The molecule has 0 saturated heterocycles. The Hall–Kier alpha value is -1.06. The molecule has 0 saturated carbocycles. The van der Waals surface area contributed by atoms with Crippen LogP contribution in [0.15, 0.2) is 24.3 Å². The van der Waals surface area contributed by atoms with Gasteiger partial charge >= 0.3 is 0 Å². The third-order valence-electron chi connectivity index (χ3n) is 2.28. The highest BCUT2D eigenvalue weighted by Crippen LogP contribution is 2.27. The van der Waals surface area contributed by atoms with Crippen molar-refractivity contribution in [2.24, 2.45) is 5.73 Å². The lowest BCUT2D eigenvalue weighted by atomic mass is 10.1. The van der Waals surface area contributed by atoms with Gasteiger partial charge in [-0.25, -0.2) is 0 Å². The normalized spacial score (nSPS) is 19.1. The molecule has 14 heavy (non-hydrogen) atoms. The van der Waals surface area contributed by atoms with E-state index in [1.165, 1.54) is 5.56 Å². The zero-order chi connectivity index (χ0) is 9.80. The van der Waals surface area contributed by atoms with Crippen molar-refractivity contribution in [3.63, 3.8) is 0 Å². The number of rotatable bonds is 4. The fourth-order valence-electron chi connectivity index (χ4n) is 1.65. The van der Waals surface area contributed by atoms with Crippen molar-refractivity contribution >= 4 is 0 Å². The predicted molar refractivity (Wildman–Crippen MR) is 54.4 cm³/mol. The van der Waals surface area contributed by atoms with Crippen LogP contribution < -0.4 is 10.5 Å². The maximum atomic E-state index is 5.69. The molecule has 3 heteroatoms. The Bertz CT molecular complexity index is 276. The number of nitrogens with two attached hydrogens (primary N) is 1. The molecule has 2 N–H and O–H groups in total. The van der Waals surface area contributed by atoms with Crippen molar-refractivity contribution in [3.05, 3.63) is 29.8 Å². The van der Waals surface area contributed by atoms with Crippen LogP contribution in [-0.2, 0) is 11.2 Å². The number of hydrogen-bond acceptors (Lipinski definition) is 3. The fourth-order valence-corrected chi connectivity index (χ4v) is 1.65. The Morgan fingerprint density at radius 2 is 2.29 bits per heavy atom. The summed E-state index contributed by atoms with van der Waals surface area (Å²) in [6.45, 7) is 1.81. The molecule has 1 heterocycles. The van der Waals surface area contributed by atoms with Crippen LogP contribution in [0.5, 0.6) is 5.75 Å². The van der Waals surface area contributed by atoms with Crippen LogP contribution >= 0.6 is 0 Å². The van der Waals surface area contributed by atoms with Gasteiger partial charge in [-0.2, -0.15) is 0 Å². The van der Waals surface area contributed by atoms with Gasteiger partial charge in [-0.15, -0.1) is 0 Å². The monoisotopic (exact) mass is 193 g/mol. The standard InChI is InChI=1S/C11H15NO2/c12-5-6-13-8-10-7-9-3-1-2-4-11(9)14-10/h1-4,10H,5-8,12H2. The van der Waals surface area contributed by atoms with Crippen LogP contribution in [0.1, 0.15) is 5.56 Å². The lowest BCUT2D eigenvalue weighted by molar-refractivity contribution is 0.0648. The SMILES string of the molecule is NCCOCC1Cc2ccccc2O1. The molecule has 1 atom stereocenters. The molecule has 3 nitrogen and oxygen atoms in total. The third kappa shape index (κ3) is 2.05. The van der Waals surface area contributed by atoms with Crippen molar-refractivity contribution < 1.29 is 9.47 Å². The Labute approximate surface area is 83.8 Å². The number of hydrogen-bond donors (Lipinski definition) is 1. The van der Waals surface area contributed by atoms with Crippen molar-refractivity contribution in [1.82, 2.24) is 0 Å². The molecule has 1 aliphatic rings. The summed E-state index contributed by atoms with van der Waals surface area (Å²) in [6, 6.07) is 8.11. The van der Waals surface area contributed by atoms with Gasteiger partial charge in [-0.05, 0) is 11.6 Å². The lowest BCUT2D eigenvalue weighted by Gasteiger charge is -2.10. The Morgan fingerprint density at radius 3 is 3.07 bits per heavy atom. The maximum Gasteiger partial charge on any atom is 0.126 e. The summed E-state index contributed by atoms with van der Waals surface area (Å²) in [5, 5.41) is 0. The molecule has 0 radical (unpaired) electrons. The number of fused-ring (bicyclic) bond motifs is 1. The third-order valence-corrected chi connectivity index (χ3v) is 2.28. The first-order valence-corrected chi connectivity index (χ1v) is 4.92. The minimum absolute atomic E-state index is 0.166. The Morgan fingerprint density at radius 1 is 1.43 bits per heavy atom. The highest BCUT2D eigenvalue weighted by Gasteiger charge is 2.21. The summed E-state index contributed by atoms with van der Waals surface area (Å²) in [5.74, 6) is 0.994. The van der Waals surface area contributed by atoms with Crippen molar-refractivity contribution in [2.45, 2.75) is 12.5 Å². The molecule has 76 valence electrons. The Balaban J connectivity index is 1.86. The molecular weight excluding hydrogens is 178 g/mol. The highest BCUT2D eigenvalue weighted by molar-refractivity contribution is 5.37. The van der Waals surface area contributed by atoms with E-state index >= 15 is 0 Å². The van der Waals surface area contributed by atoms with E-state index in [1.807, 2.05) is 18.2 Å². The van der Waals surface area contributed by atoms with Crippen LogP contribution in [0.25, 0.3) is 0 Å². The topological polar surface area (TPSA) is 44.5 Å². The van der Waals surface area contributed by atoms with Crippen LogP contribution in [0.3, 0.4) is 0 Å². The van der Waals surface area contributed by atoms with Crippen LogP contribution in [0.4, 0.5) is 0 Å². The summed E-state index contributed by atoms with van der Waals surface area (Å²) in [4.78, 5) is 0. The largest absolute Gasteiger partial charge is 0.487 e. The molecule has 1 unspecified atom stereocenters. The van der Waals surface area contributed by atoms with Crippen molar-refractivity contribution in [2.75, 3.05) is 19.8 Å². The van der Waals surface area contributed by atoms with E-state index in [0.717, 1.165) is 12.2 Å². The van der Waals surface area contributed by atoms with E-state index in [0.29, 0.717) is 19.8 Å². The van der Waals surface area contributed by atoms with Gasteiger partial charge in [0.25, 0.3) is 0 Å². The number of ether oxygens (including phenoxy) is 2. The smallest absolute Gasteiger partial charge is 0.126 e. The first-order chi connectivity index (χ1) is 6.90. The van der Waals surface area contributed by atoms with Gasteiger partial charge in [0.05, 0.1) is 13.2 Å². The molecule has 2 rings (SSSR count). The van der Waals surface area contributed by atoms with Gasteiger partial charge in [0.15, 0.2) is 0 Å². The average Bonchev–Trinajstić information content (AvgIpc) is 2.60. The molecule has 0 aromatic heterocycles. The molecule has 1 aliphatic heterocycles. The first kappa shape index (κ1) is 9.49. The Kier molecular flexibility index (Phi) is 3.01. The molecule has 0 bridgehead atoms. The number of para-hydroxylation sites is 1. The predicted octanol–water partition coefficient (Wildman–Crippen LogP) is 0.965. The van der Waals surface area contributed by atoms with Gasteiger partial charge in [0.2, 0.25) is 0 Å². The molecule has 0 amide bonds. The van der Waals surface area contributed by atoms with Gasteiger partial charge in [-0.1, -0.05) is 18.2 Å². The quantitative estimate of drug-likeness (QED) is 0.724. The summed E-state index contributed by atoms with van der Waals surface area (Å²) in [5.41, 5.74) is 6.60. The van der Waals surface area contributed by atoms with E-state index in [4.69, 9.17) is 15.2 Å². The van der Waals surface area contributed by atoms with E-state index in [1.54, 1.807) is 0 Å². The van der Waals surface area contributed by atoms with Gasteiger partial charge in [0, 0.05) is 13.0 Å². The number of benzene rings is 1. The van der Waals surface area contributed by atoms with E-state index in [-0.39, 0.29) is 6.10 Å². The van der Waals surface area contributed by atoms with Gasteiger partial charge in [-0.3, -0.25) is 0 Å². The van der Waals surface area contributed by atoms with E-state index in [2.05, 4.69) is 6.07 Å². The maximum absolute atomic E-state index is 5.69. The first-order valence-electron chi connectivity index (χ1n) is 4.92. The summed E-state index contributed by atoms with van der Waals surface area (Å²) in [7, 11) is 0. The fraction of sp³-hybridized carbons (Fsp3) is 0.455. The lowest BCUT2D eigenvalue weighted by Crippen LogP contribution is -2.22. The molecule has 1 aromatic rings.